The van der Waals surface area contributed by atoms with Crippen LogP contribution in [0.5, 0.6) is 0 Å². The topological polar surface area (TPSA) is 49.8 Å². The highest BCUT2D eigenvalue weighted by Gasteiger charge is 2.23. The van der Waals surface area contributed by atoms with E-state index >= 15 is 0 Å². The van der Waals surface area contributed by atoms with E-state index in [0.717, 1.165) is 6.42 Å². The summed E-state index contributed by atoms with van der Waals surface area (Å²) in [5.74, 6) is 0.320. The first-order valence-electron chi connectivity index (χ1n) is 3.91. The molecule has 1 unspecified atom stereocenters. The molecule has 0 saturated carbocycles. The number of hydrogen-bond acceptors (Lipinski definition) is 2. The smallest absolute Gasteiger partial charge is 0.407 e. The molecule has 0 spiro atoms. The molecular formula is C8H13NO3. The lowest BCUT2D eigenvalue weighted by molar-refractivity contribution is 0.155. The largest absolute Gasteiger partial charge is 0.505 e. The Morgan fingerprint density at radius 2 is 2.50 bits per heavy atom. The average molecular weight is 171 g/mol. The minimum Gasteiger partial charge on any atom is -0.505 e. The van der Waals surface area contributed by atoms with Gasteiger partial charge in [0.25, 0.3) is 0 Å². The van der Waals surface area contributed by atoms with Crippen molar-refractivity contribution < 1.29 is 14.6 Å². The standard InChI is InChI=1S/C8H13NO3/c1-12-5-3-7-2-4-9(6-7)8(10)11/h3,5,7H,2,4,6H2,1H3,(H,10,11). The third-order valence-electron chi connectivity index (χ3n) is 1.98. The van der Waals surface area contributed by atoms with E-state index in [0.29, 0.717) is 19.0 Å². The van der Waals surface area contributed by atoms with Crippen molar-refractivity contribution in [3.63, 3.8) is 0 Å². The maximum absolute atomic E-state index is 10.5. The molecule has 1 fully saturated rings. The summed E-state index contributed by atoms with van der Waals surface area (Å²) in [5, 5.41) is 8.63. The van der Waals surface area contributed by atoms with E-state index in [9.17, 15) is 4.79 Å². The third kappa shape index (κ3) is 2.15. The zero-order valence-corrected chi connectivity index (χ0v) is 7.06. The van der Waals surface area contributed by atoms with Gasteiger partial charge in [0.1, 0.15) is 0 Å². The molecule has 68 valence electrons. The van der Waals surface area contributed by atoms with Crippen molar-refractivity contribution in [2.24, 2.45) is 5.92 Å². The summed E-state index contributed by atoms with van der Waals surface area (Å²) in [5.41, 5.74) is 0. The molecule has 1 atom stereocenters. The van der Waals surface area contributed by atoms with Crippen molar-refractivity contribution in [3.05, 3.63) is 12.3 Å². The number of methoxy groups -OCH3 is 1. The summed E-state index contributed by atoms with van der Waals surface area (Å²) in [6.45, 7) is 1.23. The fourth-order valence-electron chi connectivity index (χ4n) is 1.31. The number of ether oxygens (including phenoxy) is 1. The zero-order chi connectivity index (χ0) is 8.97. The summed E-state index contributed by atoms with van der Waals surface area (Å²) in [6.07, 6.45) is 3.58. The van der Waals surface area contributed by atoms with Gasteiger partial charge in [0.05, 0.1) is 13.4 Å². The van der Waals surface area contributed by atoms with Gasteiger partial charge in [0.2, 0.25) is 0 Å². The van der Waals surface area contributed by atoms with Crippen LogP contribution in [-0.2, 0) is 4.74 Å². The van der Waals surface area contributed by atoms with Gasteiger partial charge in [-0.2, -0.15) is 0 Å². The fourth-order valence-corrected chi connectivity index (χ4v) is 1.31. The van der Waals surface area contributed by atoms with Crippen LogP contribution in [0.4, 0.5) is 4.79 Å². The fraction of sp³-hybridized carbons (Fsp3) is 0.625. The first kappa shape index (κ1) is 8.90. The monoisotopic (exact) mass is 171 g/mol. The molecule has 1 saturated heterocycles. The Labute approximate surface area is 71.4 Å². The molecule has 4 heteroatoms. The quantitative estimate of drug-likeness (QED) is 0.634. The number of rotatable bonds is 2. The van der Waals surface area contributed by atoms with E-state index in [1.165, 1.54) is 4.90 Å². The molecule has 1 amide bonds. The zero-order valence-electron chi connectivity index (χ0n) is 7.06. The van der Waals surface area contributed by atoms with Crippen LogP contribution in [0.25, 0.3) is 0 Å². The SMILES string of the molecule is COC=CC1CCN(C(=O)O)C1. The van der Waals surface area contributed by atoms with Crippen LogP contribution in [0.1, 0.15) is 6.42 Å². The molecule has 12 heavy (non-hydrogen) atoms. The first-order chi connectivity index (χ1) is 5.74. The van der Waals surface area contributed by atoms with Gasteiger partial charge in [-0.15, -0.1) is 0 Å². The number of hydrogen-bond donors (Lipinski definition) is 1. The minimum atomic E-state index is -0.830. The number of carbonyl (C=O) groups is 1. The second kappa shape index (κ2) is 3.99. The number of amides is 1. The molecule has 0 aliphatic carbocycles. The van der Waals surface area contributed by atoms with Gasteiger partial charge in [-0.25, -0.2) is 4.79 Å². The van der Waals surface area contributed by atoms with Crippen LogP contribution < -0.4 is 0 Å². The van der Waals surface area contributed by atoms with E-state index < -0.39 is 6.09 Å². The molecule has 1 aliphatic rings. The van der Waals surface area contributed by atoms with E-state index in [2.05, 4.69) is 0 Å². The lowest BCUT2D eigenvalue weighted by atomic mass is 10.1. The van der Waals surface area contributed by atoms with Crippen molar-refractivity contribution in [3.8, 4) is 0 Å². The Morgan fingerprint density at radius 3 is 3.00 bits per heavy atom. The minimum absolute atomic E-state index is 0.320. The number of likely N-dealkylation sites (tertiary alicyclic amines) is 1. The van der Waals surface area contributed by atoms with E-state index in [1.807, 2.05) is 6.08 Å². The Balaban J connectivity index is 2.35. The van der Waals surface area contributed by atoms with Crippen LogP contribution in [0.2, 0.25) is 0 Å². The van der Waals surface area contributed by atoms with Gasteiger partial charge in [-0.05, 0) is 18.4 Å². The number of carboxylic acid groups (broad SMARTS) is 1. The number of nitrogens with zero attached hydrogens (tertiary/aromatic N) is 1. The van der Waals surface area contributed by atoms with Gasteiger partial charge >= 0.3 is 6.09 Å². The first-order valence-corrected chi connectivity index (χ1v) is 3.91. The predicted molar refractivity (Wildman–Crippen MR) is 43.9 cm³/mol. The molecule has 1 aliphatic heterocycles. The van der Waals surface area contributed by atoms with Crippen LogP contribution in [0.15, 0.2) is 12.3 Å². The summed E-state index contributed by atoms with van der Waals surface area (Å²) in [6, 6.07) is 0. The molecule has 0 radical (unpaired) electrons. The van der Waals surface area contributed by atoms with Crippen molar-refractivity contribution in [1.29, 1.82) is 0 Å². The van der Waals surface area contributed by atoms with Crippen LogP contribution in [0, 0.1) is 5.92 Å². The van der Waals surface area contributed by atoms with Gasteiger partial charge in [0.15, 0.2) is 0 Å². The van der Waals surface area contributed by atoms with Crippen molar-refractivity contribution in [2.75, 3.05) is 20.2 Å². The average Bonchev–Trinajstić information content (AvgIpc) is 2.48. The summed E-state index contributed by atoms with van der Waals surface area (Å²) >= 11 is 0. The van der Waals surface area contributed by atoms with Gasteiger partial charge in [0, 0.05) is 13.1 Å². The van der Waals surface area contributed by atoms with E-state index in [-0.39, 0.29) is 0 Å². The molecule has 1 heterocycles. The Kier molecular flexibility index (Phi) is 2.96. The van der Waals surface area contributed by atoms with Crippen LogP contribution in [-0.4, -0.2) is 36.3 Å². The lowest BCUT2D eigenvalue weighted by Gasteiger charge is -2.09. The third-order valence-corrected chi connectivity index (χ3v) is 1.98. The molecule has 0 bridgehead atoms. The van der Waals surface area contributed by atoms with E-state index in [1.54, 1.807) is 13.4 Å². The maximum Gasteiger partial charge on any atom is 0.407 e. The van der Waals surface area contributed by atoms with Crippen molar-refractivity contribution >= 4 is 6.09 Å². The Bertz CT molecular complexity index is 191. The molecule has 4 nitrogen and oxygen atoms in total. The molecule has 1 rings (SSSR count). The summed E-state index contributed by atoms with van der Waals surface area (Å²) < 4.78 is 4.75. The van der Waals surface area contributed by atoms with Gasteiger partial charge in [-0.1, -0.05) is 0 Å². The second-order valence-corrected chi connectivity index (χ2v) is 2.84. The van der Waals surface area contributed by atoms with Gasteiger partial charge in [-0.3, -0.25) is 0 Å². The lowest BCUT2D eigenvalue weighted by Crippen LogP contribution is -2.26. The van der Waals surface area contributed by atoms with Crippen LogP contribution in [0.3, 0.4) is 0 Å². The Hall–Kier alpha value is -1.19. The predicted octanol–water partition coefficient (Wildman–Crippen LogP) is 1.15. The Morgan fingerprint density at radius 1 is 1.75 bits per heavy atom. The highest BCUT2D eigenvalue weighted by Crippen LogP contribution is 2.16. The highest BCUT2D eigenvalue weighted by atomic mass is 16.5. The molecule has 0 aromatic carbocycles. The molecule has 1 N–H and O–H groups in total. The summed E-state index contributed by atoms with van der Waals surface area (Å²) in [7, 11) is 1.58. The van der Waals surface area contributed by atoms with Crippen LogP contribution >= 0.6 is 0 Å². The normalized spacial score (nSPS) is 23.4. The van der Waals surface area contributed by atoms with Crippen molar-refractivity contribution in [1.82, 2.24) is 4.90 Å². The maximum atomic E-state index is 10.5. The van der Waals surface area contributed by atoms with Gasteiger partial charge < -0.3 is 14.7 Å². The summed E-state index contributed by atoms with van der Waals surface area (Å²) in [4.78, 5) is 11.9. The molecule has 0 aromatic heterocycles. The van der Waals surface area contributed by atoms with Crippen molar-refractivity contribution in [2.45, 2.75) is 6.42 Å². The van der Waals surface area contributed by atoms with E-state index in [4.69, 9.17) is 9.84 Å². The molecular weight excluding hydrogens is 158 g/mol. The molecule has 0 aromatic rings. The highest BCUT2D eigenvalue weighted by molar-refractivity contribution is 5.65. The second-order valence-electron chi connectivity index (χ2n) is 2.84.